The van der Waals surface area contributed by atoms with Gasteiger partial charge >= 0.3 is 0 Å². The molecule has 0 spiro atoms. The lowest BCUT2D eigenvalue weighted by molar-refractivity contribution is -0.131. The van der Waals surface area contributed by atoms with Crippen LogP contribution in [0.15, 0.2) is 64.8 Å². The van der Waals surface area contributed by atoms with Crippen LogP contribution >= 0.6 is 0 Å². The van der Waals surface area contributed by atoms with E-state index < -0.39 is 58.3 Å². The summed E-state index contributed by atoms with van der Waals surface area (Å²) in [7, 11) is -3.83. The third-order valence-corrected chi connectivity index (χ3v) is 10.2. The Hall–Kier alpha value is -4.39. The molecule has 3 aromatic rings. The van der Waals surface area contributed by atoms with Gasteiger partial charge in [0.1, 0.15) is 25.3 Å². The van der Waals surface area contributed by atoms with Gasteiger partial charge in [0.25, 0.3) is 5.91 Å². The number of carbonyl (C=O) groups is 3. The van der Waals surface area contributed by atoms with Gasteiger partial charge in [0.2, 0.25) is 21.8 Å². The number of aliphatic hydroxyl groups excluding tert-OH is 1. The van der Waals surface area contributed by atoms with Gasteiger partial charge in [-0.1, -0.05) is 56.3 Å². The second-order valence-corrected chi connectivity index (χ2v) is 15.1. The van der Waals surface area contributed by atoms with Gasteiger partial charge in [0.05, 0.1) is 35.7 Å². The van der Waals surface area contributed by atoms with Gasteiger partial charge in [-0.3, -0.25) is 24.6 Å². The number of para-hydroxylation sites is 1. The number of H-pyrrole nitrogens is 1. The molecule has 2 heterocycles. The van der Waals surface area contributed by atoms with E-state index in [4.69, 9.17) is 20.4 Å². The number of primary sulfonamides is 1. The first kappa shape index (κ1) is 41.4. The number of nitrogens with one attached hydrogen (secondary N) is 4. The van der Waals surface area contributed by atoms with Crippen LogP contribution in [-0.2, 0) is 47.0 Å². The minimum Gasteiger partial charge on any atom is -0.391 e. The molecule has 290 valence electrons. The topological polar surface area (TPSA) is 244 Å². The number of fused-ring (bicyclic) bond motifs is 1. The normalized spacial score (nSPS) is 18.1. The monoisotopic (exact) mass is 756 g/mol. The van der Waals surface area contributed by atoms with Crippen molar-refractivity contribution in [3.8, 4) is 0 Å². The molecule has 1 saturated heterocycles. The number of nitrogens with zero attached hydrogens (tertiary/aromatic N) is 2. The third kappa shape index (κ3) is 11.8. The van der Waals surface area contributed by atoms with Crippen LogP contribution in [0.4, 0.5) is 0 Å². The van der Waals surface area contributed by atoms with Crippen molar-refractivity contribution in [2.75, 3.05) is 13.1 Å². The molecule has 53 heavy (non-hydrogen) atoms. The van der Waals surface area contributed by atoms with Crippen molar-refractivity contribution in [2.45, 2.75) is 102 Å². The maximum absolute atomic E-state index is 13.4. The number of hydrogen-bond acceptors (Lipinski definition) is 11. The first-order chi connectivity index (χ1) is 25.2. The number of ether oxygens (including phenoxy) is 1. The van der Waals surface area contributed by atoms with E-state index in [0.29, 0.717) is 37.8 Å². The van der Waals surface area contributed by atoms with Crippen LogP contribution in [0, 0.1) is 5.92 Å². The number of benzene rings is 2. The predicted molar refractivity (Wildman–Crippen MR) is 199 cm³/mol. The van der Waals surface area contributed by atoms with Crippen LogP contribution in [0.5, 0.6) is 0 Å². The summed E-state index contributed by atoms with van der Waals surface area (Å²) in [6.45, 7) is 7.83. The number of primary amides is 1. The highest BCUT2D eigenvalue weighted by molar-refractivity contribution is 7.89. The highest BCUT2D eigenvalue weighted by atomic mass is 32.2. The summed E-state index contributed by atoms with van der Waals surface area (Å²) >= 11 is 0. The number of aromatic amines is 1. The fourth-order valence-electron chi connectivity index (χ4n) is 6.23. The van der Waals surface area contributed by atoms with Gasteiger partial charge in [0, 0.05) is 23.6 Å². The number of amides is 3. The standard InChI is InChI=1S/C36H52N8O8S/c1-5-23(4)52-35(40-19-31(45)43-33(22(2)3)36(48)44-16-8-11-30(44)34(37)47)29(17-25-18-39-28-10-7-6-9-27(25)28)42-32(46)20-41-51-21-24-12-14-26(15-13-24)53(38,49)50/h6-7,9-10,12-15,18,20,22-23,29-30,33,35-36,39-40,48H,5,8,11,16-17,19,21H2,1-4H3,(H2,37,47)(H,42,46)(H,43,45)(H2,38,49,50)/b41-20+/t23?,29-,30-,33-,35?,36?/m0/s1. The molecule has 9 N–H and O–H groups in total. The average molecular weight is 757 g/mol. The van der Waals surface area contributed by atoms with Gasteiger partial charge in [-0.15, -0.1) is 0 Å². The van der Waals surface area contributed by atoms with Crippen molar-refractivity contribution in [2.24, 2.45) is 21.9 Å². The minimum atomic E-state index is -3.83. The summed E-state index contributed by atoms with van der Waals surface area (Å²) < 4.78 is 29.4. The fraction of sp³-hybridized carbons (Fsp3) is 0.500. The molecule has 2 aromatic carbocycles. The zero-order valence-electron chi connectivity index (χ0n) is 30.5. The number of aromatic nitrogens is 1. The van der Waals surface area contributed by atoms with Gasteiger partial charge in [0.15, 0.2) is 0 Å². The number of oxime groups is 1. The van der Waals surface area contributed by atoms with Crippen LogP contribution < -0.4 is 26.8 Å². The lowest BCUT2D eigenvalue weighted by Crippen LogP contribution is -2.59. The lowest BCUT2D eigenvalue weighted by atomic mass is 10.0. The Labute approximate surface area is 310 Å². The molecule has 0 saturated carbocycles. The molecule has 3 unspecified atom stereocenters. The summed E-state index contributed by atoms with van der Waals surface area (Å²) in [6, 6.07) is 11.5. The zero-order chi connectivity index (χ0) is 38.7. The number of carbonyl (C=O) groups excluding carboxylic acids is 3. The van der Waals surface area contributed by atoms with Gasteiger partial charge in [-0.2, -0.15) is 0 Å². The number of hydrogen-bond donors (Lipinski definition) is 7. The molecule has 3 amide bonds. The van der Waals surface area contributed by atoms with Crippen molar-refractivity contribution in [3.05, 3.63) is 65.9 Å². The molecule has 6 atom stereocenters. The molecule has 1 aliphatic rings. The molecular formula is C36H52N8O8S. The molecule has 1 fully saturated rings. The molecule has 1 aromatic heterocycles. The van der Waals surface area contributed by atoms with E-state index in [1.807, 2.05) is 58.2 Å². The van der Waals surface area contributed by atoms with E-state index >= 15 is 0 Å². The minimum absolute atomic E-state index is 0.0309. The van der Waals surface area contributed by atoms with E-state index in [1.165, 1.54) is 24.3 Å². The Balaban J connectivity index is 1.48. The van der Waals surface area contributed by atoms with Crippen molar-refractivity contribution in [1.82, 2.24) is 25.8 Å². The molecule has 17 heteroatoms. The zero-order valence-corrected chi connectivity index (χ0v) is 31.3. The Morgan fingerprint density at radius 2 is 1.83 bits per heavy atom. The highest BCUT2D eigenvalue weighted by Gasteiger charge is 2.38. The predicted octanol–water partition coefficient (Wildman–Crippen LogP) is 1.18. The van der Waals surface area contributed by atoms with Crippen LogP contribution in [0.25, 0.3) is 10.9 Å². The molecule has 0 aliphatic carbocycles. The maximum Gasteiger partial charge on any atom is 0.266 e. The van der Waals surface area contributed by atoms with Crippen molar-refractivity contribution in [1.29, 1.82) is 0 Å². The molecule has 4 rings (SSSR count). The Morgan fingerprint density at radius 1 is 1.11 bits per heavy atom. The second kappa shape index (κ2) is 19.1. The van der Waals surface area contributed by atoms with E-state index in [2.05, 4.69) is 26.1 Å². The number of aliphatic hydroxyl groups is 1. The van der Waals surface area contributed by atoms with Crippen molar-refractivity contribution < 1.29 is 37.5 Å². The second-order valence-electron chi connectivity index (χ2n) is 13.6. The smallest absolute Gasteiger partial charge is 0.266 e. The molecule has 0 bridgehead atoms. The van der Waals surface area contributed by atoms with Crippen LogP contribution in [0.2, 0.25) is 0 Å². The fourth-order valence-corrected chi connectivity index (χ4v) is 6.74. The molecule has 0 radical (unpaired) electrons. The summed E-state index contributed by atoms with van der Waals surface area (Å²) in [5, 5.41) is 30.2. The SMILES string of the molecule is CCC(C)OC(NCC(=O)N[C@@H](C(C)C)C(O)N1CCC[C@H]1C(N)=O)[C@H](Cc1c[nH]c2ccccc12)NC(=O)/C=N/OCc1ccc(S(N)(=O)=O)cc1. The van der Waals surface area contributed by atoms with Gasteiger partial charge < -0.3 is 36.0 Å². The maximum atomic E-state index is 13.4. The van der Waals surface area contributed by atoms with E-state index in [-0.39, 0.29) is 30.1 Å². The summed E-state index contributed by atoms with van der Waals surface area (Å²) in [5.74, 6) is -1.69. The molecule has 16 nitrogen and oxygen atoms in total. The first-order valence-corrected chi connectivity index (χ1v) is 19.3. The number of likely N-dealkylation sites (tertiary alicyclic amines) is 1. The number of nitrogens with two attached hydrogens (primary N) is 2. The van der Waals surface area contributed by atoms with Crippen LogP contribution in [-0.4, -0.2) is 97.1 Å². The van der Waals surface area contributed by atoms with Crippen LogP contribution in [0.1, 0.15) is 58.1 Å². The first-order valence-electron chi connectivity index (χ1n) is 17.7. The third-order valence-electron chi connectivity index (χ3n) is 9.28. The van der Waals surface area contributed by atoms with Crippen LogP contribution in [0.3, 0.4) is 0 Å². The quantitative estimate of drug-likeness (QED) is 0.0493. The van der Waals surface area contributed by atoms with Gasteiger partial charge in [-0.05, 0) is 67.9 Å². The van der Waals surface area contributed by atoms with E-state index in [1.54, 1.807) is 4.90 Å². The van der Waals surface area contributed by atoms with Crippen molar-refractivity contribution >= 4 is 44.9 Å². The van der Waals surface area contributed by atoms with Crippen molar-refractivity contribution in [3.63, 3.8) is 0 Å². The Bertz CT molecular complexity index is 1820. The van der Waals surface area contributed by atoms with Gasteiger partial charge in [-0.25, -0.2) is 13.6 Å². The largest absolute Gasteiger partial charge is 0.391 e. The molecular weight excluding hydrogens is 705 g/mol. The van der Waals surface area contributed by atoms with E-state index in [0.717, 1.165) is 22.7 Å². The number of rotatable bonds is 20. The highest BCUT2D eigenvalue weighted by Crippen LogP contribution is 2.23. The Morgan fingerprint density at radius 3 is 2.49 bits per heavy atom. The summed E-state index contributed by atoms with van der Waals surface area (Å²) in [4.78, 5) is 48.8. The summed E-state index contributed by atoms with van der Waals surface area (Å²) in [5.41, 5.74) is 8.01. The Kier molecular flexibility index (Phi) is 14.9. The lowest BCUT2D eigenvalue weighted by Gasteiger charge is -2.36. The summed E-state index contributed by atoms with van der Waals surface area (Å²) in [6.07, 6.45) is 2.85. The average Bonchev–Trinajstić information content (AvgIpc) is 3.78. The molecule has 1 aliphatic heterocycles. The van der Waals surface area contributed by atoms with E-state index in [9.17, 15) is 27.9 Å². The number of sulfonamides is 1.